The smallest absolute Gasteiger partial charge is 0.0624 e. The zero-order valence-corrected chi connectivity index (χ0v) is 12.2. The van der Waals surface area contributed by atoms with Gasteiger partial charge >= 0.3 is 0 Å². The van der Waals surface area contributed by atoms with Gasteiger partial charge in [-0.15, -0.1) is 0 Å². The van der Waals surface area contributed by atoms with Gasteiger partial charge in [0.15, 0.2) is 0 Å². The normalized spacial score (nSPS) is 10.4. The molecule has 3 N–H and O–H groups in total. The molecule has 2 aromatic rings. The van der Waals surface area contributed by atoms with Crippen molar-refractivity contribution in [2.24, 2.45) is 5.73 Å². The topological polar surface area (TPSA) is 46.2 Å². The summed E-state index contributed by atoms with van der Waals surface area (Å²) in [5.74, 6) is 0. The largest absolute Gasteiger partial charge is 0.394 e. The summed E-state index contributed by atoms with van der Waals surface area (Å²) in [6.07, 6.45) is 0. The molecule has 0 spiro atoms. The molecule has 0 aromatic heterocycles. The Morgan fingerprint density at radius 1 is 0.947 bits per heavy atom. The molecule has 0 bridgehead atoms. The van der Waals surface area contributed by atoms with Crippen LogP contribution >= 0.6 is 11.6 Å². The number of hydrogen-bond donors (Lipinski definition) is 2. The summed E-state index contributed by atoms with van der Waals surface area (Å²) in [6.45, 7) is 3.96. The lowest BCUT2D eigenvalue weighted by molar-refractivity contribution is 0.268. The molecular formula is C16H22ClNO. The molecule has 0 amide bonds. The molecule has 0 radical (unpaired) electrons. The van der Waals surface area contributed by atoms with Crippen molar-refractivity contribution in [3.8, 4) is 0 Å². The molecule has 2 rings (SSSR count). The van der Waals surface area contributed by atoms with E-state index in [0.717, 1.165) is 5.56 Å². The first-order valence-electron chi connectivity index (χ1n) is 6.36. The highest BCUT2D eigenvalue weighted by Gasteiger charge is 2.02. The number of benzene rings is 2. The summed E-state index contributed by atoms with van der Waals surface area (Å²) in [7, 11) is 0. The second-order valence-electron chi connectivity index (χ2n) is 3.50. The Hall–Kier alpha value is -1.35. The molecule has 3 heteroatoms. The maximum absolute atomic E-state index is 8.70. The summed E-state index contributed by atoms with van der Waals surface area (Å²) in [5, 5.41) is 9.38. The minimum Gasteiger partial charge on any atom is -0.394 e. The van der Waals surface area contributed by atoms with Gasteiger partial charge in [-0.1, -0.05) is 74.0 Å². The van der Waals surface area contributed by atoms with E-state index in [1.807, 2.05) is 62.4 Å². The molecular weight excluding hydrogens is 258 g/mol. The zero-order valence-electron chi connectivity index (χ0n) is 11.5. The Balaban J connectivity index is 0.000000341. The van der Waals surface area contributed by atoms with E-state index in [1.54, 1.807) is 12.1 Å². The fraction of sp³-hybridized carbons (Fsp3) is 0.250. The van der Waals surface area contributed by atoms with E-state index in [4.69, 9.17) is 22.4 Å². The van der Waals surface area contributed by atoms with Crippen LogP contribution in [0.5, 0.6) is 0 Å². The maximum Gasteiger partial charge on any atom is 0.0624 e. The van der Waals surface area contributed by atoms with Crippen LogP contribution in [0.1, 0.15) is 25.5 Å². The highest BCUT2D eigenvalue weighted by Crippen LogP contribution is 2.13. The highest BCUT2D eigenvalue weighted by molar-refractivity contribution is 6.30. The number of hydrogen-bond acceptors (Lipinski definition) is 2. The predicted molar refractivity (Wildman–Crippen MR) is 83.3 cm³/mol. The molecule has 0 heterocycles. The second-order valence-corrected chi connectivity index (χ2v) is 3.93. The quantitative estimate of drug-likeness (QED) is 0.871. The van der Waals surface area contributed by atoms with Crippen LogP contribution in [0.2, 0.25) is 5.02 Å². The third kappa shape index (κ3) is 8.38. The molecule has 0 saturated heterocycles. The summed E-state index contributed by atoms with van der Waals surface area (Å²) >= 11 is 5.66. The number of rotatable bonds is 2. The van der Waals surface area contributed by atoms with Gasteiger partial charge in [-0.3, -0.25) is 0 Å². The summed E-state index contributed by atoms with van der Waals surface area (Å²) in [4.78, 5) is 0. The van der Waals surface area contributed by atoms with Gasteiger partial charge in [0, 0.05) is 5.02 Å². The first-order valence-corrected chi connectivity index (χ1v) is 6.73. The Labute approximate surface area is 120 Å². The highest BCUT2D eigenvalue weighted by atomic mass is 35.5. The third-order valence-corrected chi connectivity index (χ3v) is 2.41. The molecule has 19 heavy (non-hydrogen) atoms. The molecule has 104 valence electrons. The van der Waals surface area contributed by atoms with Gasteiger partial charge < -0.3 is 10.8 Å². The first kappa shape index (κ1) is 17.6. The number of aliphatic hydroxyl groups excluding tert-OH is 1. The Bertz CT molecular complexity index is 376. The van der Waals surface area contributed by atoms with E-state index in [-0.39, 0.29) is 12.6 Å². The summed E-state index contributed by atoms with van der Waals surface area (Å²) < 4.78 is 0. The van der Waals surface area contributed by atoms with Crippen molar-refractivity contribution in [3.63, 3.8) is 0 Å². The van der Waals surface area contributed by atoms with Crippen LogP contribution in [-0.2, 0) is 0 Å². The van der Waals surface area contributed by atoms with Crippen molar-refractivity contribution in [3.05, 3.63) is 71.2 Å². The Morgan fingerprint density at radius 3 is 1.63 bits per heavy atom. The number of halogens is 1. The fourth-order valence-corrected chi connectivity index (χ4v) is 1.33. The standard InChI is InChI=1S/C8H10ClNO.C6H6.C2H6/c9-7-3-1-6(2-4-7)8(10)5-11;1-2-4-6-5-3-1;1-2/h1-4,8,11H,5,10H2;1-6H;1-2H3. The van der Waals surface area contributed by atoms with Crippen molar-refractivity contribution in [1.82, 2.24) is 0 Å². The van der Waals surface area contributed by atoms with E-state index >= 15 is 0 Å². The maximum atomic E-state index is 8.70. The van der Waals surface area contributed by atoms with Crippen LogP contribution in [0, 0.1) is 0 Å². The van der Waals surface area contributed by atoms with E-state index in [9.17, 15) is 0 Å². The van der Waals surface area contributed by atoms with Gasteiger partial charge in [-0.05, 0) is 17.7 Å². The summed E-state index contributed by atoms with van der Waals surface area (Å²) in [5.41, 5.74) is 6.45. The summed E-state index contributed by atoms with van der Waals surface area (Å²) in [6, 6.07) is 18.8. The molecule has 0 fully saturated rings. The van der Waals surface area contributed by atoms with Gasteiger partial charge in [-0.25, -0.2) is 0 Å². The van der Waals surface area contributed by atoms with E-state index in [2.05, 4.69) is 0 Å². The van der Waals surface area contributed by atoms with E-state index < -0.39 is 0 Å². The van der Waals surface area contributed by atoms with Crippen LogP contribution < -0.4 is 5.73 Å². The first-order chi connectivity index (χ1) is 9.24. The average Bonchev–Trinajstić information content (AvgIpc) is 2.51. The molecule has 0 aliphatic carbocycles. The molecule has 0 aliphatic rings. The van der Waals surface area contributed by atoms with E-state index in [1.165, 1.54) is 0 Å². The third-order valence-electron chi connectivity index (χ3n) is 2.16. The van der Waals surface area contributed by atoms with Crippen molar-refractivity contribution < 1.29 is 5.11 Å². The molecule has 0 aliphatic heterocycles. The van der Waals surface area contributed by atoms with Crippen LogP contribution in [-0.4, -0.2) is 11.7 Å². The van der Waals surface area contributed by atoms with Crippen LogP contribution in [0.25, 0.3) is 0 Å². The van der Waals surface area contributed by atoms with E-state index in [0.29, 0.717) is 5.02 Å². The van der Waals surface area contributed by atoms with Crippen LogP contribution in [0.15, 0.2) is 60.7 Å². The van der Waals surface area contributed by atoms with Crippen LogP contribution in [0.4, 0.5) is 0 Å². The van der Waals surface area contributed by atoms with Crippen molar-refractivity contribution in [2.75, 3.05) is 6.61 Å². The average molecular weight is 280 g/mol. The zero-order chi connectivity index (χ0) is 14.5. The van der Waals surface area contributed by atoms with Gasteiger partial charge in [0.2, 0.25) is 0 Å². The molecule has 1 unspecified atom stereocenters. The molecule has 0 saturated carbocycles. The van der Waals surface area contributed by atoms with Gasteiger partial charge in [0.1, 0.15) is 0 Å². The molecule has 2 nitrogen and oxygen atoms in total. The second kappa shape index (κ2) is 11.7. The number of aliphatic hydroxyl groups is 1. The van der Waals surface area contributed by atoms with Gasteiger partial charge in [0.25, 0.3) is 0 Å². The van der Waals surface area contributed by atoms with Gasteiger partial charge in [-0.2, -0.15) is 0 Å². The number of nitrogens with two attached hydrogens (primary N) is 1. The predicted octanol–water partition coefficient (Wildman–Crippen LogP) is 4.04. The SMILES string of the molecule is CC.NC(CO)c1ccc(Cl)cc1.c1ccccc1. The Morgan fingerprint density at radius 2 is 1.32 bits per heavy atom. The van der Waals surface area contributed by atoms with Gasteiger partial charge in [0.05, 0.1) is 12.6 Å². The van der Waals surface area contributed by atoms with Crippen LogP contribution in [0.3, 0.4) is 0 Å². The lowest BCUT2D eigenvalue weighted by Crippen LogP contribution is -2.13. The molecule has 2 aromatic carbocycles. The van der Waals surface area contributed by atoms with Crippen molar-refractivity contribution in [2.45, 2.75) is 19.9 Å². The Kier molecular flexibility index (Phi) is 10.9. The monoisotopic (exact) mass is 279 g/mol. The minimum absolute atomic E-state index is 0.0400. The molecule has 1 atom stereocenters. The van der Waals surface area contributed by atoms with Crippen molar-refractivity contribution >= 4 is 11.6 Å². The fourth-order valence-electron chi connectivity index (χ4n) is 1.20. The minimum atomic E-state index is -0.299. The van der Waals surface area contributed by atoms with Crippen molar-refractivity contribution in [1.29, 1.82) is 0 Å². The lowest BCUT2D eigenvalue weighted by Gasteiger charge is -2.07. The lowest BCUT2D eigenvalue weighted by atomic mass is 10.1.